The minimum atomic E-state index is -3.54. The van der Waals surface area contributed by atoms with E-state index >= 15 is 0 Å². The van der Waals surface area contributed by atoms with Gasteiger partial charge in [-0.25, -0.2) is 13.2 Å². The molecule has 2 N–H and O–H groups in total. The topological polar surface area (TPSA) is 84.5 Å². The number of benzene rings is 3. The SMILES string of the molecule is Cc1cccc(CS(=O)(=O)Nc2ccc(NC(=O)Oc3ccccc3)cc2)c1. The van der Waals surface area contributed by atoms with E-state index in [2.05, 4.69) is 10.0 Å². The normalized spacial score (nSPS) is 10.9. The minimum absolute atomic E-state index is 0.113. The van der Waals surface area contributed by atoms with Crippen LogP contribution in [-0.4, -0.2) is 14.5 Å². The Morgan fingerprint density at radius 1 is 0.893 bits per heavy atom. The van der Waals surface area contributed by atoms with Gasteiger partial charge in [0.05, 0.1) is 5.75 Å². The summed E-state index contributed by atoms with van der Waals surface area (Å²) in [5.74, 6) is 0.318. The molecule has 28 heavy (non-hydrogen) atoms. The number of ether oxygens (including phenoxy) is 1. The third-order valence-electron chi connectivity index (χ3n) is 3.80. The molecule has 3 rings (SSSR count). The lowest BCUT2D eigenvalue weighted by atomic mass is 10.2. The van der Waals surface area contributed by atoms with E-state index in [1.165, 1.54) is 0 Å². The highest BCUT2D eigenvalue weighted by molar-refractivity contribution is 7.91. The van der Waals surface area contributed by atoms with Gasteiger partial charge < -0.3 is 4.74 Å². The fraction of sp³-hybridized carbons (Fsp3) is 0.0952. The summed E-state index contributed by atoms with van der Waals surface area (Å²) in [5.41, 5.74) is 2.62. The number of nitrogens with one attached hydrogen (secondary N) is 2. The van der Waals surface area contributed by atoms with E-state index in [-0.39, 0.29) is 5.75 Å². The van der Waals surface area contributed by atoms with Crippen LogP contribution in [-0.2, 0) is 15.8 Å². The Bertz CT molecular complexity index is 1050. The number of carbonyl (C=O) groups is 1. The second-order valence-corrected chi connectivity index (χ2v) is 7.98. The van der Waals surface area contributed by atoms with Crippen LogP contribution in [0.1, 0.15) is 11.1 Å². The third-order valence-corrected chi connectivity index (χ3v) is 5.06. The first kappa shape index (κ1) is 19.4. The van der Waals surface area contributed by atoms with Crippen molar-refractivity contribution in [2.24, 2.45) is 0 Å². The average Bonchev–Trinajstić information content (AvgIpc) is 2.63. The average molecular weight is 396 g/mol. The Balaban J connectivity index is 1.58. The highest BCUT2D eigenvalue weighted by Gasteiger charge is 2.12. The molecule has 7 heteroatoms. The highest BCUT2D eigenvalue weighted by Crippen LogP contribution is 2.18. The molecule has 0 unspecified atom stereocenters. The Morgan fingerprint density at radius 2 is 1.57 bits per heavy atom. The van der Waals surface area contributed by atoms with Gasteiger partial charge in [-0.2, -0.15) is 0 Å². The Kier molecular flexibility index (Phi) is 5.96. The number of sulfonamides is 1. The molecule has 3 aromatic rings. The molecule has 144 valence electrons. The van der Waals surface area contributed by atoms with Gasteiger partial charge in [0.1, 0.15) is 5.75 Å². The Hall–Kier alpha value is -3.32. The molecule has 0 aromatic heterocycles. The summed E-state index contributed by atoms with van der Waals surface area (Å²) < 4.78 is 32.4. The molecule has 0 atom stereocenters. The standard InChI is InChI=1S/C21H20N2O4S/c1-16-6-5-7-17(14-16)15-28(25,26)23-19-12-10-18(11-13-19)22-21(24)27-20-8-3-2-4-9-20/h2-14,23H,15H2,1H3,(H,22,24). The molecule has 0 saturated heterocycles. The summed E-state index contributed by atoms with van der Waals surface area (Å²) in [7, 11) is -3.54. The number of anilines is 2. The summed E-state index contributed by atoms with van der Waals surface area (Å²) in [6.45, 7) is 1.91. The molecular weight excluding hydrogens is 376 g/mol. The monoisotopic (exact) mass is 396 g/mol. The Labute approximate surface area is 164 Å². The van der Waals surface area contributed by atoms with Crippen LogP contribution in [0.2, 0.25) is 0 Å². The number of aryl methyl sites for hydroxylation is 1. The van der Waals surface area contributed by atoms with Gasteiger partial charge in [0.2, 0.25) is 10.0 Å². The quantitative estimate of drug-likeness (QED) is 0.640. The van der Waals surface area contributed by atoms with Gasteiger partial charge in [-0.05, 0) is 48.9 Å². The third kappa shape index (κ3) is 5.85. The lowest BCUT2D eigenvalue weighted by Gasteiger charge is -2.10. The number of carbonyl (C=O) groups excluding carboxylic acids is 1. The number of hydrogen-bond donors (Lipinski definition) is 2. The van der Waals surface area contributed by atoms with Crippen molar-refractivity contribution in [3.05, 3.63) is 90.0 Å². The van der Waals surface area contributed by atoms with E-state index in [4.69, 9.17) is 4.74 Å². The second-order valence-electron chi connectivity index (χ2n) is 6.26. The maximum Gasteiger partial charge on any atom is 0.417 e. The van der Waals surface area contributed by atoms with E-state index in [1.807, 2.05) is 31.2 Å². The van der Waals surface area contributed by atoms with E-state index in [1.54, 1.807) is 54.6 Å². The molecular formula is C21H20N2O4S. The van der Waals surface area contributed by atoms with Crippen LogP contribution < -0.4 is 14.8 Å². The first-order valence-electron chi connectivity index (χ1n) is 8.60. The van der Waals surface area contributed by atoms with Gasteiger partial charge in [-0.1, -0.05) is 48.0 Å². The van der Waals surface area contributed by atoms with Crippen molar-refractivity contribution in [2.75, 3.05) is 10.0 Å². The predicted octanol–water partition coefficient (Wildman–Crippen LogP) is 4.55. The smallest absolute Gasteiger partial charge is 0.410 e. The van der Waals surface area contributed by atoms with Gasteiger partial charge in [0.25, 0.3) is 0 Å². The zero-order valence-electron chi connectivity index (χ0n) is 15.3. The van der Waals surface area contributed by atoms with Gasteiger partial charge in [-0.3, -0.25) is 10.0 Å². The van der Waals surface area contributed by atoms with Crippen molar-refractivity contribution in [1.82, 2.24) is 0 Å². The van der Waals surface area contributed by atoms with E-state index in [9.17, 15) is 13.2 Å². The molecule has 0 fully saturated rings. The molecule has 0 aliphatic heterocycles. The van der Waals surface area contributed by atoms with Gasteiger partial charge >= 0.3 is 6.09 Å². The number of para-hydroxylation sites is 1. The van der Waals surface area contributed by atoms with Crippen LogP contribution in [0.4, 0.5) is 16.2 Å². The fourth-order valence-corrected chi connectivity index (χ4v) is 3.78. The first-order valence-corrected chi connectivity index (χ1v) is 10.2. The zero-order valence-corrected chi connectivity index (χ0v) is 16.1. The molecule has 0 spiro atoms. The summed E-state index contributed by atoms with van der Waals surface area (Å²) in [5, 5.41) is 2.59. The van der Waals surface area contributed by atoms with Crippen LogP contribution >= 0.6 is 0 Å². The van der Waals surface area contributed by atoms with Crippen molar-refractivity contribution in [1.29, 1.82) is 0 Å². The molecule has 1 amide bonds. The maximum absolute atomic E-state index is 12.3. The summed E-state index contributed by atoms with van der Waals surface area (Å²) in [6, 6.07) is 22.4. The second kappa shape index (κ2) is 8.58. The van der Waals surface area contributed by atoms with E-state index in [0.29, 0.717) is 17.1 Å². The van der Waals surface area contributed by atoms with E-state index in [0.717, 1.165) is 11.1 Å². The molecule has 6 nitrogen and oxygen atoms in total. The first-order chi connectivity index (χ1) is 13.4. The van der Waals surface area contributed by atoms with Gasteiger partial charge in [-0.15, -0.1) is 0 Å². The largest absolute Gasteiger partial charge is 0.417 e. The van der Waals surface area contributed by atoms with Crippen molar-refractivity contribution < 1.29 is 17.9 Å². The minimum Gasteiger partial charge on any atom is -0.410 e. The van der Waals surface area contributed by atoms with Crippen molar-refractivity contribution in [2.45, 2.75) is 12.7 Å². The van der Waals surface area contributed by atoms with Crippen molar-refractivity contribution >= 4 is 27.5 Å². The van der Waals surface area contributed by atoms with Crippen LogP contribution in [0.3, 0.4) is 0 Å². The number of amides is 1. The Morgan fingerprint density at radius 3 is 2.25 bits per heavy atom. The summed E-state index contributed by atoms with van der Waals surface area (Å²) in [6.07, 6.45) is -0.626. The van der Waals surface area contributed by atoms with Crippen LogP contribution in [0, 0.1) is 6.92 Å². The molecule has 3 aromatic carbocycles. The molecule has 0 bridgehead atoms. The molecule has 0 saturated carbocycles. The predicted molar refractivity (Wildman–Crippen MR) is 110 cm³/mol. The summed E-state index contributed by atoms with van der Waals surface area (Å²) in [4.78, 5) is 11.9. The van der Waals surface area contributed by atoms with Gasteiger partial charge in [0.15, 0.2) is 0 Å². The fourth-order valence-electron chi connectivity index (χ4n) is 2.60. The molecule has 0 heterocycles. The van der Waals surface area contributed by atoms with Crippen LogP contribution in [0.5, 0.6) is 5.75 Å². The molecule has 0 aliphatic rings. The maximum atomic E-state index is 12.3. The number of rotatable bonds is 6. The zero-order chi connectivity index (χ0) is 20.0. The van der Waals surface area contributed by atoms with E-state index < -0.39 is 16.1 Å². The highest BCUT2D eigenvalue weighted by atomic mass is 32.2. The van der Waals surface area contributed by atoms with Crippen LogP contribution in [0.25, 0.3) is 0 Å². The summed E-state index contributed by atoms with van der Waals surface area (Å²) >= 11 is 0. The number of hydrogen-bond acceptors (Lipinski definition) is 4. The van der Waals surface area contributed by atoms with Gasteiger partial charge in [0, 0.05) is 11.4 Å². The molecule has 0 aliphatic carbocycles. The van der Waals surface area contributed by atoms with Crippen molar-refractivity contribution in [3.8, 4) is 5.75 Å². The van der Waals surface area contributed by atoms with Crippen molar-refractivity contribution in [3.63, 3.8) is 0 Å². The van der Waals surface area contributed by atoms with Crippen LogP contribution in [0.15, 0.2) is 78.9 Å². The lowest BCUT2D eigenvalue weighted by Crippen LogP contribution is -2.17. The lowest BCUT2D eigenvalue weighted by molar-refractivity contribution is 0.215. The molecule has 0 radical (unpaired) electrons.